The maximum Gasteiger partial charge on any atom is 0.354 e. The van der Waals surface area contributed by atoms with Gasteiger partial charge in [-0.3, -0.25) is 5.01 Å². The summed E-state index contributed by atoms with van der Waals surface area (Å²) in [6.07, 6.45) is 2.30. The summed E-state index contributed by atoms with van der Waals surface area (Å²) in [6.45, 7) is 3.93. The fourth-order valence-corrected chi connectivity index (χ4v) is 2.74. The van der Waals surface area contributed by atoms with E-state index in [2.05, 4.69) is 22.2 Å². The zero-order valence-corrected chi connectivity index (χ0v) is 11.9. The van der Waals surface area contributed by atoms with Gasteiger partial charge in [0.25, 0.3) is 0 Å². The van der Waals surface area contributed by atoms with Crippen LogP contribution < -0.4 is 0 Å². The van der Waals surface area contributed by atoms with Gasteiger partial charge in [-0.1, -0.05) is 30.3 Å². The first-order valence-corrected chi connectivity index (χ1v) is 7.15. The molecule has 1 atom stereocenters. The molecular formula is C15H18N4O2. The molecule has 0 saturated carbocycles. The number of hydrogen-bond donors (Lipinski definition) is 2. The Labute approximate surface area is 122 Å². The zero-order chi connectivity index (χ0) is 14.8. The molecule has 1 aliphatic rings. The molecule has 1 unspecified atom stereocenters. The van der Waals surface area contributed by atoms with Gasteiger partial charge in [-0.2, -0.15) is 0 Å². The van der Waals surface area contributed by atoms with E-state index in [-0.39, 0.29) is 5.69 Å². The van der Waals surface area contributed by atoms with Gasteiger partial charge in [0.1, 0.15) is 5.69 Å². The number of carboxylic acid groups (broad SMARTS) is 1. The normalized spacial score (nSPS) is 19.5. The number of piperidine rings is 1. The van der Waals surface area contributed by atoms with E-state index in [0.717, 1.165) is 30.4 Å². The third-order valence-electron chi connectivity index (χ3n) is 3.80. The molecule has 1 aromatic heterocycles. The van der Waals surface area contributed by atoms with Crippen molar-refractivity contribution in [1.82, 2.24) is 9.99 Å². The summed E-state index contributed by atoms with van der Waals surface area (Å²) in [5.41, 5.74) is 1.25. The molecule has 0 amide bonds. The number of carboxylic acids is 1. The summed E-state index contributed by atoms with van der Waals surface area (Å²) in [4.78, 5) is 14.2. The molecule has 21 heavy (non-hydrogen) atoms. The van der Waals surface area contributed by atoms with Crippen LogP contribution in [0.5, 0.6) is 0 Å². The van der Waals surface area contributed by atoms with Crippen LogP contribution in [-0.2, 0) is 0 Å². The summed E-state index contributed by atoms with van der Waals surface area (Å²) in [6, 6.07) is 7.41. The Morgan fingerprint density at radius 1 is 1.43 bits per heavy atom. The molecular weight excluding hydrogens is 268 g/mol. The molecule has 0 aliphatic carbocycles. The number of hydrogen-bond acceptors (Lipinski definition) is 3. The topological polar surface area (TPSA) is 81.1 Å². The standard InChI is InChI=1S/C15H18N4O2/c1-10-5-4-8-19(9-10)18-17-13-11-6-2-3-7-12(11)16-14(13)15(20)21/h2-3,6-7,10,16H,4-5,8-9H2,1H3,(H,20,21). The van der Waals surface area contributed by atoms with Crippen molar-refractivity contribution in [2.45, 2.75) is 19.8 Å². The summed E-state index contributed by atoms with van der Waals surface area (Å²) >= 11 is 0. The molecule has 6 nitrogen and oxygen atoms in total. The van der Waals surface area contributed by atoms with E-state index < -0.39 is 5.97 Å². The fraction of sp³-hybridized carbons (Fsp3) is 0.400. The monoisotopic (exact) mass is 286 g/mol. The van der Waals surface area contributed by atoms with Crippen LogP contribution in [0.2, 0.25) is 0 Å². The number of aromatic nitrogens is 1. The van der Waals surface area contributed by atoms with Crippen molar-refractivity contribution in [1.29, 1.82) is 0 Å². The van der Waals surface area contributed by atoms with Crippen LogP contribution in [0.15, 0.2) is 34.6 Å². The average Bonchev–Trinajstić information content (AvgIpc) is 2.84. The van der Waals surface area contributed by atoms with E-state index in [1.54, 1.807) is 0 Å². The molecule has 3 rings (SSSR count). The highest BCUT2D eigenvalue weighted by Gasteiger charge is 2.18. The lowest BCUT2D eigenvalue weighted by atomic mass is 10.0. The number of aromatic carboxylic acids is 1. The van der Waals surface area contributed by atoms with Crippen LogP contribution in [0.1, 0.15) is 30.3 Å². The largest absolute Gasteiger partial charge is 0.477 e. The van der Waals surface area contributed by atoms with E-state index in [9.17, 15) is 9.90 Å². The van der Waals surface area contributed by atoms with Gasteiger partial charge in [-0.05, 0) is 24.8 Å². The van der Waals surface area contributed by atoms with Crippen molar-refractivity contribution in [3.05, 3.63) is 30.0 Å². The van der Waals surface area contributed by atoms with E-state index in [4.69, 9.17) is 0 Å². The number of fused-ring (bicyclic) bond motifs is 1. The first-order valence-electron chi connectivity index (χ1n) is 7.15. The van der Waals surface area contributed by atoms with Gasteiger partial charge in [-0.25, -0.2) is 4.79 Å². The predicted molar refractivity (Wildman–Crippen MR) is 79.7 cm³/mol. The van der Waals surface area contributed by atoms with E-state index >= 15 is 0 Å². The Kier molecular flexibility index (Phi) is 3.60. The molecule has 110 valence electrons. The SMILES string of the molecule is CC1CCCN(N=Nc2c(C(=O)O)[nH]c3ccccc23)C1. The van der Waals surface area contributed by atoms with Crippen molar-refractivity contribution < 1.29 is 9.90 Å². The highest BCUT2D eigenvalue weighted by atomic mass is 16.4. The number of rotatable bonds is 3. The van der Waals surface area contributed by atoms with Crippen LogP contribution in [0, 0.1) is 5.92 Å². The summed E-state index contributed by atoms with van der Waals surface area (Å²) < 4.78 is 0. The van der Waals surface area contributed by atoms with Gasteiger partial charge >= 0.3 is 5.97 Å². The second-order valence-corrected chi connectivity index (χ2v) is 5.55. The first-order chi connectivity index (χ1) is 10.1. The molecule has 2 heterocycles. The van der Waals surface area contributed by atoms with Crippen molar-refractivity contribution in [3.63, 3.8) is 0 Å². The van der Waals surface area contributed by atoms with Crippen LogP contribution in [0.4, 0.5) is 5.69 Å². The van der Waals surface area contributed by atoms with Crippen LogP contribution >= 0.6 is 0 Å². The van der Waals surface area contributed by atoms with Gasteiger partial charge < -0.3 is 10.1 Å². The number of aromatic amines is 1. The van der Waals surface area contributed by atoms with Crippen molar-refractivity contribution in [2.24, 2.45) is 16.3 Å². The van der Waals surface area contributed by atoms with E-state index in [1.807, 2.05) is 29.3 Å². The maximum absolute atomic E-state index is 11.3. The predicted octanol–water partition coefficient (Wildman–Crippen LogP) is 3.60. The van der Waals surface area contributed by atoms with Gasteiger partial charge in [0.15, 0.2) is 5.69 Å². The number of benzene rings is 1. The molecule has 0 bridgehead atoms. The average molecular weight is 286 g/mol. The van der Waals surface area contributed by atoms with Gasteiger partial charge in [0, 0.05) is 24.0 Å². The quantitative estimate of drug-likeness (QED) is 0.846. The number of H-pyrrole nitrogens is 1. The lowest BCUT2D eigenvalue weighted by Crippen LogP contribution is -2.29. The second-order valence-electron chi connectivity index (χ2n) is 5.55. The number of para-hydroxylation sites is 1. The van der Waals surface area contributed by atoms with Gasteiger partial charge in [0.2, 0.25) is 0 Å². The minimum atomic E-state index is -1.02. The third-order valence-corrected chi connectivity index (χ3v) is 3.80. The molecule has 2 N–H and O–H groups in total. The van der Waals surface area contributed by atoms with Crippen molar-refractivity contribution in [2.75, 3.05) is 13.1 Å². The molecule has 1 fully saturated rings. The first kappa shape index (κ1) is 13.6. The summed E-state index contributed by atoms with van der Waals surface area (Å²) in [5.74, 6) is -0.424. The Morgan fingerprint density at radius 2 is 2.24 bits per heavy atom. The second kappa shape index (κ2) is 5.55. The highest BCUT2D eigenvalue weighted by Crippen LogP contribution is 2.31. The number of nitrogens with zero attached hydrogens (tertiary/aromatic N) is 3. The number of carbonyl (C=O) groups is 1. The zero-order valence-electron chi connectivity index (χ0n) is 11.9. The lowest BCUT2D eigenvalue weighted by molar-refractivity contribution is 0.0692. The van der Waals surface area contributed by atoms with Crippen molar-refractivity contribution in [3.8, 4) is 0 Å². The van der Waals surface area contributed by atoms with Crippen molar-refractivity contribution >= 4 is 22.6 Å². The van der Waals surface area contributed by atoms with Crippen LogP contribution in [0.3, 0.4) is 0 Å². The Bertz CT molecular complexity index is 692. The van der Waals surface area contributed by atoms with E-state index in [1.165, 1.54) is 6.42 Å². The Morgan fingerprint density at radius 3 is 3.00 bits per heavy atom. The molecule has 2 aromatic rings. The maximum atomic E-state index is 11.3. The fourth-order valence-electron chi connectivity index (χ4n) is 2.74. The molecule has 1 aliphatic heterocycles. The Balaban J connectivity index is 1.95. The van der Waals surface area contributed by atoms with E-state index in [0.29, 0.717) is 11.6 Å². The minimum Gasteiger partial charge on any atom is -0.477 e. The highest BCUT2D eigenvalue weighted by molar-refractivity contribution is 6.04. The summed E-state index contributed by atoms with van der Waals surface area (Å²) in [7, 11) is 0. The van der Waals surface area contributed by atoms with Crippen LogP contribution in [-0.4, -0.2) is 34.2 Å². The third kappa shape index (κ3) is 2.74. The minimum absolute atomic E-state index is 0.0880. The van der Waals surface area contributed by atoms with Gasteiger partial charge in [-0.15, -0.1) is 5.11 Å². The lowest BCUT2D eigenvalue weighted by Gasteiger charge is -2.27. The van der Waals surface area contributed by atoms with Gasteiger partial charge in [0.05, 0.1) is 0 Å². The smallest absolute Gasteiger partial charge is 0.354 e. The summed E-state index contributed by atoms with van der Waals surface area (Å²) in [5, 5.41) is 20.5. The van der Waals surface area contributed by atoms with Crippen LogP contribution in [0.25, 0.3) is 10.9 Å². The Hall–Kier alpha value is -2.37. The molecule has 6 heteroatoms. The molecule has 1 aromatic carbocycles. The molecule has 0 spiro atoms. The molecule has 0 radical (unpaired) electrons. The number of nitrogens with one attached hydrogen (secondary N) is 1. The molecule has 1 saturated heterocycles.